The van der Waals surface area contributed by atoms with Gasteiger partial charge in [-0.3, -0.25) is 4.79 Å². The molecule has 140 valence electrons. The van der Waals surface area contributed by atoms with Crippen LogP contribution in [0.3, 0.4) is 0 Å². The topological polar surface area (TPSA) is 58.8 Å². The molecule has 2 heterocycles. The lowest BCUT2D eigenvalue weighted by Crippen LogP contribution is -2.31. The van der Waals surface area contributed by atoms with Crippen LogP contribution in [0.4, 0.5) is 0 Å². The molecule has 4 rings (SSSR count). The van der Waals surface area contributed by atoms with Gasteiger partial charge in [0.15, 0.2) is 5.76 Å². The predicted octanol–water partition coefficient (Wildman–Crippen LogP) is 2.97. The summed E-state index contributed by atoms with van der Waals surface area (Å²) in [6, 6.07) is 7.72. The predicted molar refractivity (Wildman–Crippen MR) is 96.8 cm³/mol. The molecule has 0 aromatic heterocycles. The number of aliphatic hydroxyl groups excluding tert-OH is 1. The van der Waals surface area contributed by atoms with Gasteiger partial charge in [0.05, 0.1) is 13.2 Å². The van der Waals surface area contributed by atoms with Crippen molar-refractivity contribution in [1.29, 1.82) is 0 Å². The minimum Gasteiger partial charge on any atom is -0.459 e. The molecule has 1 saturated heterocycles. The van der Waals surface area contributed by atoms with Crippen LogP contribution in [0.1, 0.15) is 43.2 Å². The van der Waals surface area contributed by atoms with Gasteiger partial charge in [-0.1, -0.05) is 37.1 Å². The fraction of sp³-hybridized carbons (Fsp3) is 0.571. The van der Waals surface area contributed by atoms with Gasteiger partial charge in [0.2, 0.25) is 6.29 Å². The molecule has 0 spiro atoms. The van der Waals surface area contributed by atoms with Crippen LogP contribution in [0.5, 0.6) is 0 Å². The lowest BCUT2D eigenvalue weighted by atomic mass is 9.86. The molecule has 1 saturated carbocycles. The molecule has 26 heavy (non-hydrogen) atoms. The second-order valence-corrected chi connectivity index (χ2v) is 7.60. The molecule has 2 fully saturated rings. The number of rotatable bonds is 6. The maximum atomic E-state index is 12.5. The third-order valence-electron chi connectivity index (χ3n) is 5.68. The summed E-state index contributed by atoms with van der Waals surface area (Å²) in [6.07, 6.45) is 7.55. The Morgan fingerprint density at radius 1 is 1.15 bits per heavy atom. The van der Waals surface area contributed by atoms with Crippen LogP contribution in [0.2, 0.25) is 0 Å². The van der Waals surface area contributed by atoms with E-state index in [0.29, 0.717) is 24.2 Å². The fourth-order valence-corrected chi connectivity index (χ4v) is 3.99. The average molecular weight is 357 g/mol. The molecule has 1 aliphatic carbocycles. The molecule has 0 unspecified atom stereocenters. The van der Waals surface area contributed by atoms with Crippen LogP contribution in [-0.4, -0.2) is 35.3 Å². The average Bonchev–Trinajstić information content (AvgIpc) is 3.39. The second kappa shape index (κ2) is 7.80. The smallest absolute Gasteiger partial charge is 0.288 e. The fourth-order valence-electron chi connectivity index (χ4n) is 3.99. The molecule has 1 amide bonds. The molecule has 0 bridgehead atoms. The Kier molecular flexibility index (Phi) is 5.27. The number of carbonyl (C=O) groups excluding carboxylic acids is 1. The first-order valence-corrected chi connectivity index (χ1v) is 9.71. The second-order valence-electron chi connectivity index (χ2n) is 7.60. The van der Waals surface area contributed by atoms with Crippen LogP contribution >= 0.6 is 0 Å². The quantitative estimate of drug-likeness (QED) is 0.795. The van der Waals surface area contributed by atoms with Crippen LogP contribution in [0, 0.1) is 11.8 Å². The number of hydrogen-bond donors (Lipinski definition) is 1. The zero-order chi connectivity index (χ0) is 17.9. The van der Waals surface area contributed by atoms with Crippen LogP contribution < -0.4 is 0 Å². The Labute approximate surface area is 154 Å². The lowest BCUT2D eigenvalue weighted by Gasteiger charge is -2.32. The molecular formula is C21H27NO4. The SMILES string of the molecule is O=C(C1=C[C@H](C2CCCC2)C[C@H](OCc2ccc(CO)cc2)O1)N1CC1. The van der Waals surface area contributed by atoms with E-state index in [-0.39, 0.29) is 18.8 Å². The third-order valence-corrected chi connectivity index (χ3v) is 5.68. The molecule has 1 aromatic carbocycles. The Hall–Kier alpha value is -1.85. The first-order chi connectivity index (χ1) is 12.7. The molecule has 5 nitrogen and oxygen atoms in total. The van der Waals surface area contributed by atoms with E-state index in [1.165, 1.54) is 25.7 Å². The van der Waals surface area contributed by atoms with Crippen molar-refractivity contribution in [3.8, 4) is 0 Å². The third kappa shape index (κ3) is 4.10. The van der Waals surface area contributed by atoms with Crippen LogP contribution in [0.15, 0.2) is 36.1 Å². The Bertz CT molecular complexity index is 659. The van der Waals surface area contributed by atoms with Gasteiger partial charge in [0.25, 0.3) is 5.91 Å². The van der Waals surface area contributed by atoms with Crippen molar-refractivity contribution in [2.24, 2.45) is 11.8 Å². The molecular weight excluding hydrogens is 330 g/mol. The largest absolute Gasteiger partial charge is 0.459 e. The summed E-state index contributed by atoms with van der Waals surface area (Å²) in [7, 11) is 0. The Morgan fingerprint density at radius 2 is 1.85 bits per heavy atom. The number of aliphatic hydroxyl groups is 1. The maximum absolute atomic E-state index is 12.5. The number of amides is 1. The van der Waals surface area contributed by atoms with E-state index in [1.54, 1.807) is 4.90 Å². The van der Waals surface area contributed by atoms with Gasteiger partial charge >= 0.3 is 0 Å². The van der Waals surface area contributed by atoms with E-state index in [2.05, 4.69) is 6.08 Å². The van der Waals surface area contributed by atoms with Gasteiger partial charge in [-0.2, -0.15) is 0 Å². The summed E-state index contributed by atoms with van der Waals surface area (Å²) in [5, 5.41) is 9.13. The zero-order valence-corrected chi connectivity index (χ0v) is 15.1. The molecule has 5 heteroatoms. The van der Waals surface area contributed by atoms with Crippen LogP contribution in [-0.2, 0) is 27.5 Å². The van der Waals surface area contributed by atoms with Crippen molar-refractivity contribution in [3.63, 3.8) is 0 Å². The normalized spacial score (nSPS) is 25.7. The monoisotopic (exact) mass is 357 g/mol. The minimum absolute atomic E-state index is 0.00796. The zero-order valence-electron chi connectivity index (χ0n) is 15.1. The molecule has 1 N–H and O–H groups in total. The lowest BCUT2D eigenvalue weighted by molar-refractivity contribution is -0.157. The highest BCUT2D eigenvalue weighted by atomic mass is 16.7. The summed E-state index contributed by atoms with van der Waals surface area (Å²) >= 11 is 0. The van der Waals surface area contributed by atoms with Crippen molar-refractivity contribution < 1.29 is 19.4 Å². The van der Waals surface area contributed by atoms with Gasteiger partial charge in [-0.25, -0.2) is 0 Å². The molecule has 2 atom stereocenters. The van der Waals surface area contributed by atoms with E-state index in [1.807, 2.05) is 24.3 Å². The van der Waals surface area contributed by atoms with Crippen molar-refractivity contribution in [2.75, 3.05) is 13.1 Å². The first kappa shape index (κ1) is 17.6. The summed E-state index contributed by atoms with van der Waals surface area (Å²) < 4.78 is 11.9. The van der Waals surface area contributed by atoms with E-state index in [9.17, 15) is 4.79 Å². The highest BCUT2D eigenvalue weighted by Gasteiger charge is 2.36. The number of nitrogens with zero attached hydrogens (tertiary/aromatic N) is 1. The van der Waals surface area contributed by atoms with Crippen molar-refractivity contribution in [1.82, 2.24) is 4.90 Å². The van der Waals surface area contributed by atoms with Crippen LogP contribution in [0.25, 0.3) is 0 Å². The summed E-state index contributed by atoms with van der Waals surface area (Å²) in [5.74, 6) is 1.50. The van der Waals surface area contributed by atoms with Crippen molar-refractivity contribution >= 4 is 5.91 Å². The van der Waals surface area contributed by atoms with E-state index in [4.69, 9.17) is 14.6 Å². The standard InChI is InChI=1S/C21H27NO4/c23-13-15-5-7-16(8-6-15)14-25-20-12-18(17-3-1-2-4-17)11-19(26-20)21(24)22-9-10-22/h5-8,11,17-18,20,23H,1-4,9-10,12-14H2/t18-,20+/m0/s1. The van der Waals surface area contributed by atoms with Gasteiger partial charge in [0, 0.05) is 19.5 Å². The number of hydrogen-bond acceptors (Lipinski definition) is 4. The Balaban J connectivity index is 1.41. The van der Waals surface area contributed by atoms with Gasteiger partial charge < -0.3 is 19.5 Å². The highest BCUT2D eigenvalue weighted by Crippen LogP contribution is 2.38. The number of carbonyl (C=O) groups is 1. The van der Waals surface area contributed by atoms with Crippen molar-refractivity contribution in [3.05, 3.63) is 47.2 Å². The summed E-state index contributed by atoms with van der Waals surface area (Å²) in [4.78, 5) is 14.3. The molecule has 1 aromatic rings. The van der Waals surface area contributed by atoms with E-state index < -0.39 is 0 Å². The number of benzene rings is 1. The molecule has 2 aliphatic heterocycles. The number of allylic oxidation sites excluding steroid dienone is 1. The summed E-state index contributed by atoms with van der Waals surface area (Å²) in [6.45, 7) is 2.15. The molecule has 3 aliphatic rings. The van der Waals surface area contributed by atoms with Gasteiger partial charge in [0.1, 0.15) is 0 Å². The van der Waals surface area contributed by atoms with E-state index in [0.717, 1.165) is 30.6 Å². The first-order valence-electron chi connectivity index (χ1n) is 9.71. The highest BCUT2D eigenvalue weighted by molar-refractivity contribution is 5.93. The minimum atomic E-state index is -0.373. The van der Waals surface area contributed by atoms with Gasteiger partial charge in [-0.05, 0) is 41.9 Å². The van der Waals surface area contributed by atoms with Gasteiger partial charge in [-0.15, -0.1) is 0 Å². The Morgan fingerprint density at radius 3 is 2.50 bits per heavy atom. The van der Waals surface area contributed by atoms with E-state index >= 15 is 0 Å². The van der Waals surface area contributed by atoms with Crippen molar-refractivity contribution in [2.45, 2.75) is 51.6 Å². The maximum Gasteiger partial charge on any atom is 0.288 e. The summed E-state index contributed by atoms with van der Waals surface area (Å²) in [5.41, 5.74) is 1.93. The number of ether oxygens (including phenoxy) is 2. The molecule has 0 radical (unpaired) electrons.